The third kappa shape index (κ3) is 13200. The Bertz CT molecular complexity index is 74.5. The molecule has 0 spiro atoms. The zero-order valence-corrected chi connectivity index (χ0v) is 4.53. The summed E-state index contributed by atoms with van der Waals surface area (Å²) in [5.74, 6) is 0. The molecular formula is C6H8F2. The van der Waals surface area contributed by atoms with Crippen molar-refractivity contribution in [2.45, 2.75) is 0 Å². The molecule has 0 fully saturated rings. The minimum absolute atomic E-state index is 1.64. The van der Waals surface area contributed by atoms with Gasteiger partial charge < -0.3 is 0 Å². The van der Waals surface area contributed by atoms with Crippen LogP contribution >= 0.6 is 0 Å². The lowest BCUT2D eigenvalue weighted by Crippen LogP contribution is -1.33. The summed E-state index contributed by atoms with van der Waals surface area (Å²) < 4.78 is 20.3. The number of hydrogen-bond acceptors (Lipinski definition) is 0. The van der Waals surface area contributed by atoms with Gasteiger partial charge in [0.25, 0.3) is 6.08 Å². The fourth-order valence-electron chi connectivity index (χ4n) is 0. The molecule has 0 aliphatic rings. The molecule has 0 aromatic carbocycles. The molecule has 0 aliphatic heterocycles. The lowest BCUT2D eigenvalue weighted by molar-refractivity contribution is 0.426. The van der Waals surface area contributed by atoms with Gasteiger partial charge in [-0.05, 0) is 6.58 Å². The maximum absolute atomic E-state index is 10.1. The molecule has 0 aliphatic carbocycles. The highest BCUT2D eigenvalue weighted by molar-refractivity contribution is 4.88. The molecule has 0 bridgehead atoms. The Morgan fingerprint density at radius 2 is 1.25 bits per heavy atom. The Labute approximate surface area is 47.8 Å². The number of hydrogen-bond donors (Lipinski definition) is 0. The van der Waals surface area contributed by atoms with Crippen molar-refractivity contribution in [2.24, 2.45) is 0 Å². The number of halogens is 2. The highest BCUT2D eigenvalue weighted by atomic mass is 19.3. The van der Waals surface area contributed by atoms with E-state index in [1.165, 1.54) is 0 Å². The van der Waals surface area contributed by atoms with E-state index in [1.807, 2.05) is 0 Å². The summed E-state index contributed by atoms with van der Waals surface area (Å²) in [5, 5.41) is 0. The molecule has 0 rings (SSSR count). The van der Waals surface area contributed by atoms with Crippen LogP contribution in [0.2, 0.25) is 0 Å². The van der Waals surface area contributed by atoms with Crippen LogP contribution in [0.3, 0.4) is 0 Å². The van der Waals surface area contributed by atoms with Crippen molar-refractivity contribution < 1.29 is 8.78 Å². The largest absolute Gasteiger partial charge is 0.263 e. The van der Waals surface area contributed by atoms with Gasteiger partial charge in [-0.15, -0.1) is 0 Å². The molecule has 2 heteroatoms. The van der Waals surface area contributed by atoms with E-state index >= 15 is 0 Å². The van der Waals surface area contributed by atoms with Crippen molar-refractivity contribution in [2.75, 3.05) is 0 Å². The van der Waals surface area contributed by atoms with Crippen LogP contribution in [0.4, 0.5) is 8.78 Å². The normalized spacial score (nSPS) is 5.75. The number of rotatable bonds is 1. The molecule has 0 radical (unpaired) electrons. The van der Waals surface area contributed by atoms with Crippen molar-refractivity contribution in [3.63, 3.8) is 0 Å². The van der Waals surface area contributed by atoms with Gasteiger partial charge in [0.05, 0.1) is 0 Å². The van der Waals surface area contributed by atoms with Crippen LogP contribution in [0.5, 0.6) is 0 Å². The molecule has 0 aromatic rings. The summed E-state index contributed by atoms with van der Waals surface area (Å²) in [6.45, 7) is 8.94. The Morgan fingerprint density at radius 1 is 1.12 bits per heavy atom. The summed E-state index contributed by atoms with van der Waals surface area (Å²) in [6, 6.07) is 0. The predicted molar refractivity (Wildman–Crippen MR) is 31.7 cm³/mol. The van der Waals surface area contributed by atoms with Crippen LogP contribution < -0.4 is 0 Å². The smallest absolute Gasteiger partial charge is 0.174 e. The van der Waals surface area contributed by atoms with Crippen LogP contribution in [-0.4, -0.2) is 0 Å². The summed E-state index contributed by atoms with van der Waals surface area (Å²) in [6.07, 6.45) is 1.44. The molecule has 0 amide bonds. The van der Waals surface area contributed by atoms with Gasteiger partial charge in [-0.3, -0.25) is 0 Å². The minimum atomic E-state index is -1.83. The Hall–Kier alpha value is -0.920. The van der Waals surface area contributed by atoms with Gasteiger partial charge in [0.1, 0.15) is 0 Å². The maximum Gasteiger partial charge on any atom is 0.263 e. The molecule has 0 atom stereocenters. The number of allylic oxidation sites excluding steroid dienone is 2. The summed E-state index contributed by atoms with van der Waals surface area (Å²) in [5.41, 5.74) is 0. The van der Waals surface area contributed by atoms with E-state index in [1.54, 1.807) is 12.2 Å². The SMILES string of the molecule is C=C(F)F.C=CC=C. The summed E-state index contributed by atoms with van der Waals surface area (Å²) in [4.78, 5) is 0. The molecule has 8 heavy (non-hydrogen) atoms. The lowest BCUT2D eigenvalue weighted by atomic mass is 10.6. The average Bonchev–Trinajstić information content (AvgIpc) is 1.65. The molecular weight excluding hydrogens is 110 g/mol. The van der Waals surface area contributed by atoms with Crippen LogP contribution in [0.25, 0.3) is 0 Å². The van der Waals surface area contributed by atoms with Gasteiger partial charge >= 0.3 is 0 Å². The van der Waals surface area contributed by atoms with Gasteiger partial charge in [-0.1, -0.05) is 25.3 Å². The van der Waals surface area contributed by atoms with Crippen LogP contribution in [-0.2, 0) is 0 Å². The second-order valence-corrected chi connectivity index (χ2v) is 0.810. The zero-order chi connectivity index (χ0) is 6.99. The quantitative estimate of drug-likeness (QED) is 0.464. The first kappa shape index (κ1) is 10.1. The van der Waals surface area contributed by atoms with E-state index in [9.17, 15) is 8.78 Å². The van der Waals surface area contributed by atoms with E-state index in [0.29, 0.717) is 0 Å². The Kier molecular flexibility index (Phi) is 11.9. The third-order valence-electron chi connectivity index (χ3n) is 0.167. The first-order chi connectivity index (χ1) is 3.65. The topological polar surface area (TPSA) is 0 Å². The molecule has 0 heterocycles. The van der Waals surface area contributed by atoms with Crippen molar-refractivity contribution in [3.05, 3.63) is 38.0 Å². The molecule has 0 nitrogen and oxygen atoms in total. The van der Waals surface area contributed by atoms with Crippen LogP contribution in [0, 0.1) is 0 Å². The van der Waals surface area contributed by atoms with Gasteiger partial charge in [0.2, 0.25) is 0 Å². The van der Waals surface area contributed by atoms with Gasteiger partial charge in [0.15, 0.2) is 0 Å². The Morgan fingerprint density at radius 3 is 1.25 bits per heavy atom. The second kappa shape index (κ2) is 9.43. The highest BCUT2D eigenvalue weighted by Crippen LogP contribution is 1.85. The van der Waals surface area contributed by atoms with Crippen molar-refractivity contribution >= 4 is 0 Å². The van der Waals surface area contributed by atoms with E-state index < -0.39 is 6.08 Å². The first-order valence-corrected chi connectivity index (χ1v) is 1.88. The van der Waals surface area contributed by atoms with E-state index in [4.69, 9.17) is 0 Å². The van der Waals surface area contributed by atoms with Crippen molar-refractivity contribution in [3.8, 4) is 0 Å². The van der Waals surface area contributed by atoms with Gasteiger partial charge in [-0.2, -0.15) is 8.78 Å². The van der Waals surface area contributed by atoms with Crippen molar-refractivity contribution in [1.82, 2.24) is 0 Å². The molecule has 0 aromatic heterocycles. The van der Waals surface area contributed by atoms with Gasteiger partial charge in [-0.25, -0.2) is 0 Å². The lowest BCUT2D eigenvalue weighted by Gasteiger charge is -1.54. The average molecular weight is 118 g/mol. The van der Waals surface area contributed by atoms with E-state index in [-0.39, 0.29) is 0 Å². The van der Waals surface area contributed by atoms with E-state index in [2.05, 4.69) is 19.7 Å². The maximum atomic E-state index is 10.1. The predicted octanol–water partition coefficient (Wildman–Crippen LogP) is 2.76. The fraction of sp³-hybridized carbons (Fsp3) is 0. The molecule has 0 saturated carbocycles. The van der Waals surface area contributed by atoms with Crippen molar-refractivity contribution in [1.29, 1.82) is 0 Å². The monoisotopic (exact) mass is 118 g/mol. The van der Waals surface area contributed by atoms with Crippen LogP contribution in [0.1, 0.15) is 0 Å². The third-order valence-corrected chi connectivity index (χ3v) is 0.167. The van der Waals surface area contributed by atoms with E-state index in [0.717, 1.165) is 0 Å². The standard InChI is InChI=1S/C4H6.C2H2F2/c1-3-4-2;1-2(3)4/h3-4H,1-2H2;1H2. The fourth-order valence-corrected chi connectivity index (χ4v) is 0. The molecule has 0 N–H and O–H groups in total. The van der Waals surface area contributed by atoms with Crippen LogP contribution in [0.15, 0.2) is 38.0 Å². The molecule has 46 valence electrons. The highest BCUT2D eigenvalue weighted by Gasteiger charge is 1.65. The first-order valence-electron chi connectivity index (χ1n) is 1.88. The second-order valence-electron chi connectivity index (χ2n) is 0.810. The molecule has 0 unspecified atom stereocenters. The molecule has 0 saturated heterocycles. The Balaban J connectivity index is 0. The zero-order valence-electron chi connectivity index (χ0n) is 4.53. The summed E-state index contributed by atoms with van der Waals surface area (Å²) in [7, 11) is 0. The minimum Gasteiger partial charge on any atom is -0.174 e. The summed E-state index contributed by atoms with van der Waals surface area (Å²) >= 11 is 0. The van der Waals surface area contributed by atoms with Gasteiger partial charge in [0, 0.05) is 0 Å².